The number of aryl methyl sites for hydroxylation is 1. The zero-order valence-electron chi connectivity index (χ0n) is 16.2. The van der Waals surface area contributed by atoms with Crippen molar-refractivity contribution >= 4 is 28.7 Å². The number of aromatic nitrogens is 2. The SMILES string of the molecule is CC(CCc1ccccc1)NC(=O)CSc1nc2ccccc2n1C(C)C. The van der Waals surface area contributed by atoms with E-state index in [-0.39, 0.29) is 11.9 Å². The Morgan fingerprint density at radius 3 is 2.52 bits per heavy atom. The van der Waals surface area contributed by atoms with Gasteiger partial charge in [-0.05, 0) is 51.3 Å². The van der Waals surface area contributed by atoms with Crippen molar-refractivity contribution in [3.05, 3.63) is 60.2 Å². The Bertz CT molecular complexity index is 889. The number of hydrogen-bond donors (Lipinski definition) is 1. The lowest BCUT2D eigenvalue weighted by molar-refractivity contribution is -0.119. The Morgan fingerprint density at radius 2 is 1.78 bits per heavy atom. The summed E-state index contributed by atoms with van der Waals surface area (Å²) in [5.41, 5.74) is 3.40. The van der Waals surface area contributed by atoms with E-state index < -0.39 is 0 Å². The Balaban J connectivity index is 1.54. The molecular weight excluding hydrogens is 354 g/mol. The predicted molar refractivity (Wildman–Crippen MR) is 113 cm³/mol. The van der Waals surface area contributed by atoms with E-state index in [9.17, 15) is 4.79 Å². The van der Waals surface area contributed by atoms with Gasteiger partial charge in [-0.3, -0.25) is 4.79 Å². The lowest BCUT2D eigenvalue weighted by Gasteiger charge is -2.15. The van der Waals surface area contributed by atoms with Crippen molar-refractivity contribution in [1.29, 1.82) is 0 Å². The summed E-state index contributed by atoms with van der Waals surface area (Å²) in [4.78, 5) is 17.1. The van der Waals surface area contributed by atoms with Gasteiger partial charge in [-0.2, -0.15) is 0 Å². The first kappa shape index (κ1) is 19.5. The molecule has 0 aliphatic carbocycles. The van der Waals surface area contributed by atoms with Crippen molar-refractivity contribution < 1.29 is 4.79 Å². The summed E-state index contributed by atoms with van der Waals surface area (Å²) in [7, 11) is 0. The second-order valence-corrected chi connectivity index (χ2v) is 8.07. The van der Waals surface area contributed by atoms with Crippen molar-refractivity contribution in [2.24, 2.45) is 0 Å². The first-order valence-electron chi connectivity index (χ1n) is 9.47. The van der Waals surface area contributed by atoms with Crippen LogP contribution < -0.4 is 5.32 Å². The molecule has 1 heterocycles. The number of carbonyl (C=O) groups excluding carboxylic acids is 1. The maximum Gasteiger partial charge on any atom is 0.230 e. The summed E-state index contributed by atoms with van der Waals surface area (Å²) in [6.07, 6.45) is 1.91. The van der Waals surface area contributed by atoms with Crippen LogP contribution in [-0.2, 0) is 11.2 Å². The molecule has 0 fully saturated rings. The van der Waals surface area contributed by atoms with Gasteiger partial charge in [0.2, 0.25) is 5.91 Å². The van der Waals surface area contributed by atoms with Crippen LogP contribution in [0.2, 0.25) is 0 Å². The third-order valence-corrected chi connectivity index (χ3v) is 5.48. The molecule has 4 nitrogen and oxygen atoms in total. The maximum absolute atomic E-state index is 12.4. The minimum Gasteiger partial charge on any atom is -0.353 e. The van der Waals surface area contributed by atoms with E-state index >= 15 is 0 Å². The molecule has 3 rings (SSSR count). The monoisotopic (exact) mass is 381 g/mol. The topological polar surface area (TPSA) is 46.9 Å². The summed E-state index contributed by atoms with van der Waals surface area (Å²) in [5, 5.41) is 4.01. The maximum atomic E-state index is 12.4. The van der Waals surface area contributed by atoms with E-state index in [1.165, 1.54) is 17.3 Å². The Labute approximate surface area is 165 Å². The van der Waals surface area contributed by atoms with Gasteiger partial charge in [-0.15, -0.1) is 0 Å². The molecule has 0 aliphatic rings. The molecule has 1 aromatic heterocycles. The average molecular weight is 382 g/mol. The number of rotatable bonds is 8. The lowest BCUT2D eigenvalue weighted by atomic mass is 10.1. The quantitative estimate of drug-likeness (QED) is 0.568. The molecule has 0 radical (unpaired) electrons. The van der Waals surface area contributed by atoms with Crippen LogP contribution in [0.4, 0.5) is 0 Å². The van der Waals surface area contributed by atoms with E-state index in [1.54, 1.807) is 0 Å². The van der Waals surface area contributed by atoms with E-state index in [0.717, 1.165) is 29.0 Å². The van der Waals surface area contributed by atoms with Crippen molar-refractivity contribution in [1.82, 2.24) is 14.9 Å². The van der Waals surface area contributed by atoms with Crippen molar-refractivity contribution in [3.63, 3.8) is 0 Å². The number of nitrogens with zero attached hydrogens (tertiary/aromatic N) is 2. The van der Waals surface area contributed by atoms with Crippen LogP contribution in [0, 0.1) is 0 Å². The van der Waals surface area contributed by atoms with Gasteiger partial charge in [0.15, 0.2) is 5.16 Å². The van der Waals surface area contributed by atoms with Crippen molar-refractivity contribution in [2.75, 3.05) is 5.75 Å². The lowest BCUT2D eigenvalue weighted by Crippen LogP contribution is -2.34. The van der Waals surface area contributed by atoms with Gasteiger partial charge in [0.05, 0.1) is 16.8 Å². The fourth-order valence-electron chi connectivity index (χ4n) is 3.17. The number of para-hydroxylation sites is 2. The molecule has 5 heteroatoms. The molecule has 1 amide bonds. The van der Waals surface area contributed by atoms with Crippen LogP contribution in [0.5, 0.6) is 0 Å². The molecule has 27 heavy (non-hydrogen) atoms. The van der Waals surface area contributed by atoms with Gasteiger partial charge in [-0.25, -0.2) is 4.98 Å². The fourth-order valence-corrected chi connectivity index (χ4v) is 4.12. The Kier molecular flexibility index (Phi) is 6.56. The molecule has 142 valence electrons. The van der Waals surface area contributed by atoms with Crippen LogP contribution >= 0.6 is 11.8 Å². The van der Waals surface area contributed by atoms with Crippen LogP contribution in [0.3, 0.4) is 0 Å². The van der Waals surface area contributed by atoms with Gasteiger partial charge < -0.3 is 9.88 Å². The van der Waals surface area contributed by atoms with Gasteiger partial charge >= 0.3 is 0 Å². The molecule has 1 unspecified atom stereocenters. The number of thioether (sulfide) groups is 1. The van der Waals surface area contributed by atoms with Crippen LogP contribution in [0.25, 0.3) is 11.0 Å². The molecule has 0 saturated heterocycles. The minimum absolute atomic E-state index is 0.0583. The highest BCUT2D eigenvalue weighted by atomic mass is 32.2. The van der Waals surface area contributed by atoms with Crippen molar-refractivity contribution in [2.45, 2.75) is 50.9 Å². The molecule has 2 aromatic carbocycles. The smallest absolute Gasteiger partial charge is 0.230 e. The van der Waals surface area contributed by atoms with Gasteiger partial charge in [0.25, 0.3) is 0 Å². The second-order valence-electron chi connectivity index (χ2n) is 7.13. The molecular formula is C22H27N3OS. The number of hydrogen-bond acceptors (Lipinski definition) is 3. The normalized spacial score (nSPS) is 12.4. The summed E-state index contributed by atoms with van der Waals surface area (Å²) in [5.74, 6) is 0.439. The summed E-state index contributed by atoms with van der Waals surface area (Å²) < 4.78 is 2.20. The number of amides is 1. The van der Waals surface area contributed by atoms with E-state index in [4.69, 9.17) is 4.98 Å². The molecule has 0 aliphatic heterocycles. The average Bonchev–Trinajstić information content (AvgIpc) is 3.04. The fraction of sp³-hybridized carbons (Fsp3) is 0.364. The van der Waals surface area contributed by atoms with Gasteiger partial charge in [0.1, 0.15) is 0 Å². The first-order chi connectivity index (χ1) is 13.0. The second kappa shape index (κ2) is 9.09. The largest absolute Gasteiger partial charge is 0.353 e. The zero-order valence-corrected chi connectivity index (χ0v) is 17.0. The zero-order chi connectivity index (χ0) is 19.2. The summed E-state index contributed by atoms with van der Waals surface area (Å²) >= 11 is 1.51. The first-order valence-corrected chi connectivity index (χ1v) is 10.5. The molecule has 1 atom stereocenters. The molecule has 0 bridgehead atoms. The van der Waals surface area contributed by atoms with E-state index in [0.29, 0.717) is 11.8 Å². The summed E-state index contributed by atoms with van der Waals surface area (Å²) in [6.45, 7) is 6.35. The highest BCUT2D eigenvalue weighted by Crippen LogP contribution is 2.27. The minimum atomic E-state index is 0.0583. The Hall–Kier alpha value is -2.27. The van der Waals surface area contributed by atoms with E-state index in [2.05, 4.69) is 61.0 Å². The third-order valence-electron chi connectivity index (χ3n) is 4.53. The standard InChI is InChI=1S/C22H27N3OS/c1-16(2)25-20-12-8-7-11-19(20)24-22(25)27-15-21(26)23-17(3)13-14-18-9-5-4-6-10-18/h4-12,16-17H,13-15H2,1-3H3,(H,23,26). The van der Waals surface area contributed by atoms with Gasteiger partial charge in [-0.1, -0.05) is 54.2 Å². The molecule has 0 spiro atoms. The number of imidazole rings is 1. The molecule has 0 saturated carbocycles. The summed E-state index contributed by atoms with van der Waals surface area (Å²) in [6, 6.07) is 19.0. The predicted octanol–water partition coefficient (Wildman–Crippen LogP) is 4.85. The van der Waals surface area contributed by atoms with Crippen molar-refractivity contribution in [3.8, 4) is 0 Å². The third kappa shape index (κ3) is 5.13. The Morgan fingerprint density at radius 1 is 1.07 bits per heavy atom. The van der Waals surface area contributed by atoms with E-state index in [1.807, 2.05) is 24.3 Å². The molecule has 3 aromatic rings. The van der Waals surface area contributed by atoms with Crippen LogP contribution in [0.15, 0.2) is 59.8 Å². The van der Waals surface area contributed by atoms with Gasteiger partial charge in [0, 0.05) is 12.1 Å². The highest BCUT2D eigenvalue weighted by Gasteiger charge is 2.15. The highest BCUT2D eigenvalue weighted by molar-refractivity contribution is 7.99. The number of carbonyl (C=O) groups is 1. The van der Waals surface area contributed by atoms with Crippen LogP contribution in [0.1, 0.15) is 38.8 Å². The van der Waals surface area contributed by atoms with Crippen LogP contribution in [-0.4, -0.2) is 27.3 Å². The number of fused-ring (bicyclic) bond motifs is 1. The number of benzene rings is 2. The molecule has 1 N–H and O–H groups in total. The number of nitrogens with one attached hydrogen (secondary N) is 1.